The lowest BCUT2D eigenvalue weighted by Gasteiger charge is -2.14. The summed E-state index contributed by atoms with van der Waals surface area (Å²) in [5.41, 5.74) is 0. The molecule has 1 heteroatoms. The van der Waals surface area contributed by atoms with Crippen molar-refractivity contribution in [1.82, 2.24) is 0 Å². The normalized spacial score (nSPS) is 11.2. The van der Waals surface area contributed by atoms with Crippen LogP contribution in [0.3, 0.4) is 0 Å². The van der Waals surface area contributed by atoms with Gasteiger partial charge in [-0.2, -0.15) is 0 Å². The van der Waals surface area contributed by atoms with Crippen molar-refractivity contribution in [3.63, 3.8) is 0 Å². The molecule has 0 spiro atoms. The average molecular weight is 228 g/mol. The fourth-order valence-electron chi connectivity index (χ4n) is 2.29. The van der Waals surface area contributed by atoms with Gasteiger partial charge in [-0.15, -0.1) is 0 Å². The Morgan fingerprint density at radius 3 is 1.33 bits per heavy atom. The Labute approximate surface area is 99.5 Å². The molecule has 0 atom stereocenters. The van der Waals surface area contributed by atoms with Crippen LogP contribution in [0, 0.1) is 0 Å². The zero-order valence-electron chi connectivity index (χ0n) is 11.4. The maximum absolute atomic E-state index is 2.34. The van der Waals surface area contributed by atoms with E-state index in [0.29, 0.717) is 0 Å². The molecule has 0 rings (SSSR count). The van der Waals surface area contributed by atoms with Gasteiger partial charge in [-0.25, -0.2) is 0 Å². The topological polar surface area (TPSA) is 0 Å². The first-order valence-electron chi connectivity index (χ1n) is 7.35. The lowest BCUT2D eigenvalue weighted by molar-refractivity contribution is 0.738. The summed E-state index contributed by atoms with van der Waals surface area (Å²) >= 11 is 0. The Bertz CT molecular complexity index is 102. The summed E-state index contributed by atoms with van der Waals surface area (Å²) in [4.78, 5) is 0. The predicted molar refractivity (Wildman–Crippen MR) is 75.5 cm³/mol. The van der Waals surface area contributed by atoms with Crippen LogP contribution < -0.4 is 0 Å². The Balaban J connectivity index is 3.53. The Kier molecular flexibility index (Phi) is 12.5. The molecular weight excluding hydrogens is 196 g/mol. The number of hydrogen-bond donors (Lipinski definition) is 0. The van der Waals surface area contributed by atoms with E-state index >= 15 is 0 Å². The Hall–Kier alpha value is 0.217. The minimum Gasteiger partial charge on any atom is -0.0654 e. The first-order chi connectivity index (χ1) is 7.35. The lowest BCUT2D eigenvalue weighted by Crippen LogP contribution is -2.11. The molecule has 92 valence electrons. The Morgan fingerprint density at radius 2 is 0.933 bits per heavy atom. The van der Waals surface area contributed by atoms with Crippen LogP contribution in [0.25, 0.3) is 0 Å². The summed E-state index contributed by atoms with van der Waals surface area (Å²) in [5, 5.41) is 0. The summed E-state index contributed by atoms with van der Waals surface area (Å²) < 4.78 is 0. The van der Waals surface area contributed by atoms with Gasteiger partial charge in [0.2, 0.25) is 0 Å². The predicted octanol–water partition coefficient (Wildman–Crippen LogP) is 5.39. The highest BCUT2D eigenvalue weighted by Crippen LogP contribution is 2.17. The third-order valence-corrected chi connectivity index (χ3v) is 7.07. The van der Waals surface area contributed by atoms with Crippen molar-refractivity contribution in [3.05, 3.63) is 0 Å². The SMILES string of the molecule is CCCCC[SiH](CCCC)CCCCC. The molecule has 0 nitrogen and oxygen atoms in total. The molecule has 0 aliphatic rings. The molecule has 0 amide bonds. The second-order valence-corrected chi connectivity index (χ2v) is 8.46. The van der Waals surface area contributed by atoms with Gasteiger partial charge < -0.3 is 0 Å². The van der Waals surface area contributed by atoms with Gasteiger partial charge in [0.25, 0.3) is 0 Å². The van der Waals surface area contributed by atoms with Gasteiger partial charge in [0.15, 0.2) is 0 Å². The molecule has 0 bridgehead atoms. The van der Waals surface area contributed by atoms with Gasteiger partial charge >= 0.3 is 0 Å². The van der Waals surface area contributed by atoms with Crippen molar-refractivity contribution in [2.45, 2.75) is 90.3 Å². The zero-order valence-corrected chi connectivity index (χ0v) is 12.5. The van der Waals surface area contributed by atoms with Crippen molar-refractivity contribution in [1.29, 1.82) is 0 Å². The smallest absolute Gasteiger partial charge is 0.0367 e. The largest absolute Gasteiger partial charge is 0.0654 e. The van der Waals surface area contributed by atoms with Gasteiger partial charge in [0.05, 0.1) is 0 Å². The maximum atomic E-state index is 2.34. The summed E-state index contributed by atoms with van der Waals surface area (Å²) in [6, 6.07) is 4.90. The molecule has 0 saturated heterocycles. The van der Waals surface area contributed by atoms with Crippen molar-refractivity contribution < 1.29 is 0 Å². The van der Waals surface area contributed by atoms with E-state index < -0.39 is 0 Å². The molecule has 0 unspecified atom stereocenters. The molecule has 0 fully saturated rings. The molecule has 0 aromatic heterocycles. The number of rotatable bonds is 11. The first-order valence-corrected chi connectivity index (χ1v) is 9.80. The van der Waals surface area contributed by atoms with E-state index in [1.54, 1.807) is 18.1 Å². The third-order valence-electron chi connectivity index (χ3n) is 3.40. The molecule has 0 aliphatic carbocycles. The maximum Gasteiger partial charge on any atom is 0.0367 e. The highest BCUT2D eigenvalue weighted by Gasteiger charge is 2.09. The molecular formula is C14H32Si. The number of unbranched alkanes of at least 4 members (excludes halogenated alkanes) is 5. The first kappa shape index (κ1) is 15.2. The zero-order chi connectivity index (χ0) is 11.4. The molecule has 0 heterocycles. The highest BCUT2D eigenvalue weighted by atomic mass is 28.3. The minimum atomic E-state index is -0.315. The molecule has 0 radical (unpaired) electrons. The molecule has 15 heavy (non-hydrogen) atoms. The van der Waals surface area contributed by atoms with Gasteiger partial charge in [0.1, 0.15) is 0 Å². The molecule has 0 N–H and O–H groups in total. The fourth-order valence-corrected chi connectivity index (χ4v) is 5.88. The monoisotopic (exact) mass is 228 g/mol. The number of hydrogen-bond acceptors (Lipinski definition) is 0. The fraction of sp³-hybridized carbons (Fsp3) is 1.00. The van der Waals surface area contributed by atoms with Crippen LogP contribution in [0.15, 0.2) is 0 Å². The van der Waals surface area contributed by atoms with Gasteiger partial charge in [0, 0.05) is 8.80 Å². The summed E-state index contributed by atoms with van der Waals surface area (Å²) in [6.07, 6.45) is 11.7. The molecule has 0 aromatic carbocycles. The van der Waals surface area contributed by atoms with E-state index in [1.807, 2.05) is 0 Å². The second-order valence-electron chi connectivity index (χ2n) is 5.00. The van der Waals surface area contributed by atoms with Crippen molar-refractivity contribution in [2.75, 3.05) is 0 Å². The van der Waals surface area contributed by atoms with Crippen LogP contribution in [0.2, 0.25) is 18.1 Å². The van der Waals surface area contributed by atoms with Crippen molar-refractivity contribution >= 4 is 8.80 Å². The van der Waals surface area contributed by atoms with Crippen molar-refractivity contribution in [3.8, 4) is 0 Å². The molecule has 0 saturated carbocycles. The van der Waals surface area contributed by atoms with E-state index in [1.165, 1.54) is 51.4 Å². The van der Waals surface area contributed by atoms with Crippen LogP contribution in [-0.4, -0.2) is 8.80 Å². The van der Waals surface area contributed by atoms with E-state index in [4.69, 9.17) is 0 Å². The minimum absolute atomic E-state index is 0.315. The van der Waals surface area contributed by atoms with Crippen LogP contribution in [0.1, 0.15) is 72.1 Å². The highest BCUT2D eigenvalue weighted by molar-refractivity contribution is 6.58. The standard InChI is InChI=1S/C14H32Si/c1-4-7-10-13-15(12-9-6-3)14-11-8-5-2/h15H,4-14H2,1-3H3. The second kappa shape index (κ2) is 12.3. The summed E-state index contributed by atoms with van der Waals surface area (Å²) in [5.74, 6) is 0. The van der Waals surface area contributed by atoms with E-state index in [0.717, 1.165) is 0 Å². The summed E-state index contributed by atoms with van der Waals surface area (Å²) in [7, 11) is -0.315. The van der Waals surface area contributed by atoms with Crippen LogP contribution in [0.5, 0.6) is 0 Å². The quantitative estimate of drug-likeness (QED) is 0.328. The summed E-state index contributed by atoms with van der Waals surface area (Å²) in [6.45, 7) is 6.98. The van der Waals surface area contributed by atoms with E-state index in [-0.39, 0.29) is 8.80 Å². The van der Waals surface area contributed by atoms with Crippen LogP contribution >= 0.6 is 0 Å². The van der Waals surface area contributed by atoms with Gasteiger partial charge in [-0.1, -0.05) is 90.3 Å². The lowest BCUT2D eigenvalue weighted by atomic mass is 10.3. The van der Waals surface area contributed by atoms with E-state index in [2.05, 4.69) is 20.8 Å². The Morgan fingerprint density at radius 1 is 0.533 bits per heavy atom. The van der Waals surface area contributed by atoms with Crippen LogP contribution in [0.4, 0.5) is 0 Å². The molecule has 0 aromatic rings. The van der Waals surface area contributed by atoms with Crippen LogP contribution in [-0.2, 0) is 0 Å². The molecule has 0 aliphatic heterocycles. The van der Waals surface area contributed by atoms with Gasteiger partial charge in [-0.05, 0) is 0 Å². The average Bonchev–Trinajstić information content (AvgIpc) is 2.25. The third kappa shape index (κ3) is 10.5. The van der Waals surface area contributed by atoms with E-state index in [9.17, 15) is 0 Å². The van der Waals surface area contributed by atoms with Crippen molar-refractivity contribution in [2.24, 2.45) is 0 Å². The van der Waals surface area contributed by atoms with Gasteiger partial charge in [-0.3, -0.25) is 0 Å².